The molecule has 2 N–H and O–H groups in total. The van der Waals surface area contributed by atoms with Crippen LogP contribution >= 0.6 is 0 Å². The third kappa shape index (κ3) is 2.45. The predicted octanol–water partition coefficient (Wildman–Crippen LogP) is 2.52. The monoisotopic (exact) mass is 228 g/mol. The van der Waals surface area contributed by atoms with Crippen LogP contribution in [0.15, 0.2) is 36.7 Å². The molecule has 0 saturated carbocycles. The first kappa shape index (κ1) is 11.6. The summed E-state index contributed by atoms with van der Waals surface area (Å²) in [5, 5.41) is 0. The lowest BCUT2D eigenvalue weighted by Crippen LogP contribution is -1.97. The molecule has 3 nitrogen and oxygen atoms in total. The van der Waals surface area contributed by atoms with Crippen molar-refractivity contribution in [3.8, 4) is 16.9 Å². The summed E-state index contributed by atoms with van der Waals surface area (Å²) in [5.74, 6) is 0.768. The molecule has 0 aliphatic heterocycles. The molecule has 0 amide bonds. The predicted molar refractivity (Wildman–Crippen MR) is 68.9 cm³/mol. The smallest absolute Gasteiger partial charge is 0.137 e. The van der Waals surface area contributed by atoms with Crippen LogP contribution in [-0.4, -0.2) is 12.1 Å². The number of benzene rings is 1. The Balaban J connectivity index is 2.45. The maximum Gasteiger partial charge on any atom is 0.137 e. The second kappa shape index (κ2) is 4.97. The zero-order valence-corrected chi connectivity index (χ0v) is 10.1. The summed E-state index contributed by atoms with van der Waals surface area (Å²) in [5.41, 5.74) is 10.2. The lowest BCUT2D eigenvalue weighted by atomic mass is 9.99. The van der Waals surface area contributed by atoms with Crippen molar-refractivity contribution in [3.05, 3.63) is 47.8 Å². The molecule has 17 heavy (non-hydrogen) atoms. The molecule has 1 aromatic carbocycles. The number of pyridine rings is 1. The number of hydrogen-bond acceptors (Lipinski definition) is 3. The molecule has 3 heteroatoms. The van der Waals surface area contributed by atoms with Crippen LogP contribution in [0, 0.1) is 6.92 Å². The summed E-state index contributed by atoms with van der Waals surface area (Å²) >= 11 is 0. The van der Waals surface area contributed by atoms with Gasteiger partial charge < -0.3 is 10.5 Å². The first-order valence-corrected chi connectivity index (χ1v) is 5.53. The third-order valence-corrected chi connectivity index (χ3v) is 2.79. The Hall–Kier alpha value is -1.87. The molecule has 1 heterocycles. The molecule has 1 aromatic heterocycles. The van der Waals surface area contributed by atoms with Gasteiger partial charge in [0.25, 0.3) is 0 Å². The van der Waals surface area contributed by atoms with Gasteiger partial charge in [-0.25, -0.2) is 0 Å². The summed E-state index contributed by atoms with van der Waals surface area (Å²) in [6, 6.07) is 8.21. The van der Waals surface area contributed by atoms with Crippen LogP contribution in [0.5, 0.6) is 5.75 Å². The van der Waals surface area contributed by atoms with Crippen molar-refractivity contribution in [1.29, 1.82) is 0 Å². The third-order valence-electron chi connectivity index (χ3n) is 2.79. The first-order valence-electron chi connectivity index (χ1n) is 5.53. The van der Waals surface area contributed by atoms with Gasteiger partial charge in [0.15, 0.2) is 0 Å². The highest BCUT2D eigenvalue weighted by Crippen LogP contribution is 2.26. The van der Waals surface area contributed by atoms with E-state index in [2.05, 4.69) is 24.0 Å². The van der Waals surface area contributed by atoms with Gasteiger partial charge in [0.1, 0.15) is 5.75 Å². The van der Waals surface area contributed by atoms with Gasteiger partial charge in [-0.2, -0.15) is 0 Å². The number of nitrogens with zero attached hydrogens (tertiary/aromatic N) is 1. The minimum Gasteiger partial charge on any atom is -0.495 e. The summed E-state index contributed by atoms with van der Waals surface area (Å²) in [6.07, 6.45) is 3.54. The van der Waals surface area contributed by atoms with Crippen LogP contribution < -0.4 is 10.5 Å². The van der Waals surface area contributed by atoms with Gasteiger partial charge in [-0.1, -0.05) is 18.2 Å². The average Bonchev–Trinajstić information content (AvgIpc) is 2.38. The van der Waals surface area contributed by atoms with Crippen molar-refractivity contribution in [2.45, 2.75) is 13.5 Å². The van der Waals surface area contributed by atoms with Gasteiger partial charge in [-0.3, -0.25) is 4.98 Å². The number of methoxy groups -OCH3 is 1. The van der Waals surface area contributed by atoms with Gasteiger partial charge in [0, 0.05) is 18.3 Å². The van der Waals surface area contributed by atoms with Crippen molar-refractivity contribution in [2.24, 2.45) is 5.73 Å². The highest BCUT2D eigenvalue weighted by molar-refractivity contribution is 5.67. The highest BCUT2D eigenvalue weighted by atomic mass is 16.5. The Morgan fingerprint density at radius 3 is 2.71 bits per heavy atom. The van der Waals surface area contributed by atoms with E-state index < -0.39 is 0 Å². The fourth-order valence-electron chi connectivity index (χ4n) is 1.85. The molecule has 0 saturated heterocycles. The fourth-order valence-corrected chi connectivity index (χ4v) is 1.85. The summed E-state index contributed by atoms with van der Waals surface area (Å²) in [4.78, 5) is 4.17. The molecule has 0 unspecified atom stereocenters. The maximum atomic E-state index is 5.62. The SMILES string of the molecule is COc1cncc(-c2ccc(CN)cc2C)c1. The number of hydrogen-bond donors (Lipinski definition) is 1. The fraction of sp³-hybridized carbons (Fsp3) is 0.214. The minimum atomic E-state index is 0.567. The summed E-state index contributed by atoms with van der Waals surface area (Å²) in [6.45, 7) is 2.64. The van der Waals surface area contributed by atoms with Crippen LogP contribution in [-0.2, 0) is 6.54 Å². The van der Waals surface area contributed by atoms with E-state index in [1.165, 1.54) is 5.56 Å². The molecule has 0 atom stereocenters. The Labute approximate surface area is 101 Å². The molecular weight excluding hydrogens is 212 g/mol. The summed E-state index contributed by atoms with van der Waals surface area (Å²) in [7, 11) is 1.64. The van der Waals surface area contributed by atoms with Gasteiger partial charge in [0.05, 0.1) is 13.3 Å². The topological polar surface area (TPSA) is 48.1 Å². The molecule has 0 radical (unpaired) electrons. The molecular formula is C14H16N2O. The van der Waals surface area contributed by atoms with Gasteiger partial charge in [-0.05, 0) is 29.7 Å². The minimum absolute atomic E-state index is 0.567. The van der Waals surface area contributed by atoms with Gasteiger partial charge >= 0.3 is 0 Å². The van der Waals surface area contributed by atoms with E-state index in [1.807, 2.05) is 18.3 Å². The Morgan fingerprint density at radius 1 is 1.24 bits per heavy atom. The van der Waals surface area contributed by atoms with Crippen molar-refractivity contribution < 1.29 is 4.74 Å². The van der Waals surface area contributed by atoms with E-state index in [1.54, 1.807) is 13.3 Å². The quantitative estimate of drug-likeness (QED) is 0.878. The van der Waals surface area contributed by atoms with E-state index >= 15 is 0 Å². The standard InChI is InChI=1S/C14H16N2O/c1-10-5-11(7-15)3-4-14(10)12-6-13(17-2)9-16-8-12/h3-6,8-9H,7,15H2,1-2H3. The molecule has 2 aromatic rings. The van der Waals surface area contributed by atoms with Crippen LogP contribution in [0.2, 0.25) is 0 Å². The van der Waals surface area contributed by atoms with E-state index in [9.17, 15) is 0 Å². The Bertz CT molecular complexity index is 523. The lowest BCUT2D eigenvalue weighted by molar-refractivity contribution is 0.413. The Morgan fingerprint density at radius 2 is 2.06 bits per heavy atom. The van der Waals surface area contributed by atoms with E-state index in [-0.39, 0.29) is 0 Å². The van der Waals surface area contributed by atoms with Crippen LogP contribution in [0.25, 0.3) is 11.1 Å². The van der Waals surface area contributed by atoms with Crippen molar-refractivity contribution in [2.75, 3.05) is 7.11 Å². The number of aryl methyl sites for hydroxylation is 1. The number of nitrogens with two attached hydrogens (primary N) is 1. The first-order chi connectivity index (χ1) is 8.24. The number of ether oxygens (including phenoxy) is 1. The van der Waals surface area contributed by atoms with Crippen LogP contribution in [0.4, 0.5) is 0 Å². The average molecular weight is 228 g/mol. The maximum absolute atomic E-state index is 5.62. The normalized spacial score (nSPS) is 10.3. The lowest BCUT2D eigenvalue weighted by Gasteiger charge is -2.08. The van der Waals surface area contributed by atoms with Crippen LogP contribution in [0.1, 0.15) is 11.1 Å². The van der Waals surface area contributed by atoms with Gasteiger partial charge in [-0.15, -0.1) is 0 Å². The van der Waals surface area contributed by atoms with Gasteiger partial charge in [0.2, 0.25) is 0 Å². The molecule has 88 valence electrons. The highest BCUT2D eigenvalue weighted by Gasteiger charge is 2.04. The van der Waals surface area contributed by atoms with Crippen LogP contribution in [0.3, 0.4) is 0 Å². The molecule has 0 spiro atoms. The molecule has 0 bridgehead atoms. The molecule has 0 fully saturated rings. The summed E-state index contributed by atoms with van der Waals surface area (Å²) < 4.78 is 5.18. The second-order valence-electron chi connectivity index (χ2n) is 3.97. The largest absolute Gasteiger partial charge is 0.495 e. The van der Waals surface area contributed by atoms with E-state index in [0.29, 0.717) is 6.54 Å². The van der Waals surface area contributed by atoms with Crippen molar-refractivity contribution >= 4 is 0 Å². The van der Waals surface area contributed by atoms with Crippen molar-refractivity contribution in [3.63, 3.8) is 0 Å². The zero-order valence-electron chi connectivity index (χ0n) is 10.1. The molecule has 0 aliphatic carbocycles. The molecule has 0 aliphatic rings. The number of aromatic nitrogens is 1. The van der Waals surface area contributed by atoms with E-state index in [4.69, 9.17) is 10.5 Å². The second-order valence-corrected chi connectivity index (χ2v) is 3.97. The molecule has 2 rings (SSSR count). The zero-order chi connectivity index (χ0) is 12.3. The van der Waals surface area contributed by atoms with E-state index in [0.717, 1.165) is 22.4 Å². The Kier molecular flexibility index (Phi) is 3.40. The number of rotatable bonds is 3. The van der Waals surface area contributed by atoms with Crippen molar-refractivity contribution in [1.82, 2.24) is 4.98 Å².